The van der Waals surface area contributed by atoms with Crippen molar-refractivity contribution in [1.82, 2.24) is 14.8 Å². The van der Waals surface area contributed by atoms with Gasteiger partial charge < -0.3 is 9.80 Å². The summed E-state index contributed by atoms with van der Waals surface area (Å²) in [4.78, 5) is 33.3. The topological polar surface area (TPSA) is 53.5 Å². The van der Waals surface area contributed by atoms with E-state index in [9.17, 15) is 9.59 Å². The van der Waals surface area contributed by atoms with Crippen LogP contribution in [0.5, 0.6) is 0 Å². The minimum atomic E-state index is 0.0462. The Morgan fingerprint density at radius 3 is 2.38 bits per heavy atom. The molecule has 2 aromatic carbocycles. The van der Waals surface area contributed by atoms with Crippen LogP contribution in [0.4, 0.5) is 0 Å². The van der Waals surface area contributed by atoms with Gasteiger partial charge in [0.2, 0.25) is 5.91 Å². The van der Waals surface area contributed by atoms with E-state index in [4.69, 9.17) is 0 Å². The molecule has 0 aliphatic carbocycles. The van der Waals surface area contributed by atoms with E-state index in [1.807, 2.05) is 58.3 Å². The van der Waals surface area contributed by atoms with Crippen LogP contribution in [0.15, 0.2) is 58.9 Å². The van der Waals surface area contributed by atoms with E-state index in [0.717, 1.165) is 22.0 Å². The molecule has 1 aliphatic heterocycles. The summed E-state index contributed by atoms with van der Waals surface area (Å²) in [5, 5.41) is 0. The minimum absolute atomic E-state index is 0.0462. The lowest BCUT2D eigenvalue weighted by Gasteiger charge is -2.35. The van der Waals surface area contributed by atoms with Crippen molar-refractivity contribution in [2.75, 3.05) is 31.9 Å². The summed E-state index contributed by atoms with van der Waals surface area (Å²) in [6.07, 6.45) is 1.38. The summed E-state index contributed by atoms with van der Waals surface area (Å²) < 4.78 is 2.26. The number of amides is 2. The van der Waals surface area contributed by atoms with Crippen molar-refractivity contribution in [2.24, 2.45) is 0 Å². The molecule has 0 saturated carbocycles. The molecule has 2 heterocycles. The zero-order valence-electron chi connectivity index (χ0n) is 16.1. The quantitative estimate of drug-likeness (QED) is 0.440. The fourth-order valence-electron chi connectivity index (χ4n) is 3.38. The Kier molecular flexibility index (Phi) is 6.46. The van der Waals surface area contributed by atoms with Gasteiger partial charge >= 0.3 is 0 Å². The van der Waals surface area contributed by atoms with Gasteiger partial charge in [0.1, 0.15) is 0 Å². The fraction of sp³-hybridized carbons (Fsp3) is 0.318. The Bertz CT molecular complexity index is 949. The van der Waals surface area contributed by atoms with E-state index in [1.54, 1.807) is 23.1 Å². The SMILES string of the molecule is O=C(CCCSc1nc2ccccc2s1)N1CCN(C(=O)c2ccccc2)CC1. The maximum Gasteiger partial charge on any atom is 0.253 e. The van der Waals surface area contributed by atoms with E-state index in [2.05, 4.69) is 11.1 Å². The number of thiazole rings is 1. The summed E-state index contributed by atoms with van der Waals surface area (Å²) in [6, 6.07) is 17.5. The number of fused-ring (bicyclic) bond motifs is 1. The van der Waals surface area contributed by atoms with Gasteiger partial charge in [-0.15, -0.1) is 11.3 Å². The summed E-state index contributed by atoms with van der Waals surface area (Å²) in [5.74, 6) is 1.12. The van der Waals surface area contributed by atoms with Gasteiger partial charge in [0.05, 0.1) is 10.2 Å². The maximum atomic E-state index is 12.5. The highest BCUT2D eigenvalue weighted by Gasteiger charge is 2.24. The molecule has 0 bridgehead atoms. The summed E-state index contributed by atoms with van der Waals surface area (Å²) >= 11 is 3.42. The Labute approximate surface area is 178 Å². The molecule has 150 valence electrons. The second-order valence-electron chi connectivity index (χ2n) is 6.94. The largest absolute Gasteiger partial charge is 0.339 e. The van der Waals surface area contributed by atoms with Crippen LogP contribution in [0.2, 0.25) is 0 Å². The molecule has 29 heavy (non-hydrogen) atoms. The number of hydrogen-bond donors (Lipinski definition) is 0. The standard InChI is InChI=1S/C22H23N3O2S2/c26-20(11-6-16-28-22-23-18-9-4-5-10-19(18)29-22)24-12-14-25(15-13-24)21(27)17-7-2-1-3-8-17/h1-5,7-10H,6,11-16H2. The van der Waals surface area contributed by atoms with Crippen molar-refractivity contribution in [2.45, 2.75) is 17.2 Å². The van der Waals surface area contributed by atoms with Crippen molar-refractivity contribution in [3.05, 3.63) is 60.2 Å². The van der Waals surface area contributed by atoms with Gasteiger partial charge in [0.25, 0.3) is 5.91 Å². The molecule has 0 unspecified atom stereocenters. The zero-order chi connectivity index (χ0) is 20.1. The molecular formula is C22H23N3O2S2. The van der Waals surface area contributed by atoms with Crippen LogP contribution < -0.4 is 0 Å². The van der Waals surface area contributed by atoms with E-state index in [0.29, 0.717) is 38.2 Å². The number of para-hydroxylation sites is 1. The number of carbonyl (C=O) groups is 2. The first-order valence-corrected chi connectivity index (χ1v) is 11.6. The van der Waals surface area contributed by atoms with Gasteiger partial charge in [-0.1, -0.05) is 42.1 Å². The highest BCUT2D eigenvalue weighted by Crippen LogP contribution is 2.29. The van der Waals surface area contributed by atoms with Gasteiger partial charge in [-0.2, -0.15) is 0 Å². The van der Waals surface area contributed by atoms with Gasteiger partial charge in [0.15, 0.2) is 4.34 Å². The third kappa shape index (κ3) is 4.97. The molecule has 1 saturated heterocycles. The Balaban J connectivity index is 1.18. The van der Waals surface area contributed by atoms with E-state index in [1.165, 1.54) is 4.70 Å². The highest BCUT2D eigenvalue weighted by molar-refractivity contribution is 8.01. The van der Waals surface area contributed by atoms with Crippen molar-refractivity contribution in [3.63, 3.8) is 0 Å². The molecule has 5 nitrogen and oxygen atoms in total. The molecule has 1 fully saturated rings. The number of aromatic nitrogens is 1. The number of nitrogens with zero attached hydrogens (tertiary/aromatic N) is 3. The van der Waals surface area contributed by atoms with E-state index >= 15 is 0 Å². The lowest BCUT2D eigenvalue weighted by molar-refractivity contribution is -0.132. The molecule has 0 radical (unpaired) electrons. The third-order valence-electron chi connectivity index (χ3n) is 4.98. The van der Waals surface area contributed by atoms with Crippen molar-refractivity contribution >= 4 is 45.1 Å². The first kappa shape index (κ1) is 19.9. The first-order chi connectivity index (χ1) is 14.2. The second-order valence-corrected chi connectivity index (χ2v) is 9.31. The van der Waals surface area contributed by atoms with Crippen LogP contribution >= 0.6 is 23.1 Å². The Morgan fingerprint density at radius 2 is 1.62 bits per heavy atom. The van der Waals surface area contributed by atoms with Gasteiger partial charge in [-0.05, 0) is 30.7 Å². The Hall–Kier alpha value is -2.38. The lowest BCUT2D eigenvalue weighted by atomic mass is 10.2. The van der Waals surface area contributed by atoms with Crippen molar-refractivity contribution in [1.29, 1.82) is 0 Å². The molecule has 1 aliphatic rings. The average molecular weight is 426 g/mol. The number of piperazine rings is 1. The number of rotatable bonds is 6. The normalized spacial score (nSPS) is 14.3. The molecule has 7 heteroatoms. The predicted octanol–water partition coefficient (Wildman–Crippen LogP) is 4.15. The number of thioether (sulfide) groups is 1. The van der Waals surface area contributed by atoms with Crippen LogP contribution in [0.1, 0.15) is 23.2 Å². The molecule has 0 spiro atoms. The summed E-state index contributed by atoms with van der Waals surface area (Å²) in [5.41, 5.74) is 1.75. The van der Waals surface area contributed by atoms with Crippen LogP contribution in [-0.2, 0) is 4.79 Å². The predicted molar refractivity (Wildman–Crippen MR) is 119 cm³/mol. The average Bonchev–Trinajstić information content (AvgIpc) is 3.20. The molecule has 3 aromatic rings. The van der Waals surface area contributed by atoms with Gasteiger partial charge in [-0.25, -0.2) is 4.98 Å². The second kappa shape index (κ2) is 9.41. The third-order valence-corrected chi connectivity index (χ3v) is 7.24. The van der Waals surface area contributed by atoms with Crippen LogP contribution in [0, 0.1) is 0 Å². The first-order valence-electron chi connectivity index (χ1n) is 9.81. The summed E-state index contributed by atoms with van der Waals surface area (Å²) in [6.45, 7) is 2.42. The highest BCUT2D eigenvalue weighted by atomic mass is 32.2. The molecule has 1 aromatic heterocycles. The summed E-state index contributed by atoms with van der Waals surface area (Å²) in [7, 11) is 0. The van der Waals surface area contributed by atoms with E-state index < -0.39 is 0 Å². The lowest BCUT2D eigenvalue weighted by Crippen LogP contribution is -2.50. The number of carbonyl (C=O) groups excluding carboxylic acids is 2. The van der Waals surface area contributed by atoms with Gasteiger partial charge in [0, 0.05) is 43.9 Å². The maximum absolute atomic E-state index is 12.5. The molecular weight excluding hydrogens is 402 g/mol. The van der Waals surface area contributed by atoms with Crippen LogP contribution in [-0.4, -0.2) is 58.5 Å². The molecule has 2 amide bonds. The molecule has 0 atom stereocenters. The number of benzene rings is 2. The van der Waals surface area contributed by atoms with Crippen molar-refractivity contribution < 1.29 is 9.59 Å². The van der Waals surface area contributed by atoms with Gasteiger partial charge in [-0.3, -0.25) is 9.59 Å². The molecule has 4 rings (SSSR count). The molecule has 0 N–H and O–H groups in total. The van der Waals surface area contributed by atoms with Crippen LogP contribution in [0.3, 0.4) is 0 Å². The number of hydrogen-bond acceptors (Lipinski definition) is 5. The van der Waals surface area contributed by atoms with Crippen molar-refractivity contribution in [3.8, 4) is 0 Å². The van der Waals surface area contributed by atoms with E-state index in [-0.39, 0.29) is 11.8 Å². The van der Waals surface area contributed by atoms with Crippen LogP contribution in [0.25, 0.3) is 10.2 Å². The monoisotopic (exact) mass is 425 g/mol. The zero-order valence-corrected chi connectivity index (χ0v) is 17.8. The Morgan fingerprint density at radius 1 is 0.931 bits per heavy atom. The minimum Gasteiger partial charge on any atom is -0.339 e. The smallest absolute Gasteiger partial charge is 0.253 e. The fourth-order valence-corrected chi connectivity index (χ4v) is 5.45.